The molecule has 8 heteroatoms. The highest BCUT2D eigenvalue weighted by molar-refractivity contribution is 6.11. The number of nitrogens with zero attached hydrogens (tertiary/aromatic N) is 5. The van der Waals surface area contributed by atoms with E-state index in [1.165, 1.54) is 17.7 Å². The molecule has 0 amide bonds. The van der Waals surface area contributed by atoms with Crippen LogP contribution in [0.25, 0.3) is 118 Å². The molecule has 0 bridgehead atoms. The van der Waals surface area contributed by atoms with Crippen molar-refractivity contribution in [3.63, 3.8) is 0 Å². The average Bonchev–Trinajstić information content (AvgIpc) is 3.90. The van der Waals surface area contributed by atoms with E-state index < -0.39 is 11.7 Å². The summed E-state index contributed by atoms with van der Waals surface area (Å²) in [6, 6.07) is 67.1. The van der Waals surface area contributed by atoms with Crippen molar-refractivity contribution in [2.45, 2.75) is 33.9 Å². The van der Waals surface area contributed by atoms with Gasteiger partial charge in [-0.25, -0.2) is 15.0 Å². The third-order valence-electron chi connectivity index (χ3n) is 14.1. The Labute approximate surface area is 427 Å². The molecule has 9 aromatic carbocycles. The van der Waals surface area contributed by atoms with Crippen LogP contribution in [0.4, 0.5) is 13.2 Å². The Morgan fingerprint density at radius 1 is 0.405 bits per heavy atom. The fraction of sp³-hybridized carbons (Fsp3) is 0.0758. The Hall–Kier alpha value is -9.14. The number of hydrogen-bond acceptors (Lipinski definition) is 3. The van der Waals surface area contributed by atoms with Crippen LogP contribution in [0.3, 0.4) is 0 Å². The number of aromatic nitrogens is 5. The van der Waals surface area contributed by atoms with Gasteiger partial charge in [-0.15, -0.1) is 0 Å². The van der Waals surface area contributed by atoms with E-state index in [0.29, 0.717) is 40.0 Å². The lowest BCUT2D eigenvalue weighted by molar-refractivity contribution is -0.137. The van der Waals surface area contributed by atoms with Crippen LogP contribution in [-0.2, 0) is 6.18 Å². The molecule has 0 aliphatic carbocycles. The molecule has 358 valence electrons. The zero-order chi connectivity index (χ0) is 50.7. The van der Waals surface area contributed by atoms with Crippen LogP contribution in [-0.4, -0.2) is 24.1 Å². The number of rotatable bonds is 9. The fourth-order valence-electron chi connectivity index (χ4n) is 10.5. The minimum absolute atomic E-state index is 0.0225. The second-order valence-electron chi connectivity index (χ2n) is 18.9. The Bertz CT molecular complexity index is 4070. The van der Waals surface area contributed by atoms with Crippen LogP contribution in [0.5, 0.6) is 0 Å². The van der Waals surface area contributed by atoms with Crippen LogP contribution >= 0.6 is 0 Å². The predicted octanol–water partition coefficient (Wildman–Crippen LogP) is 17.9. The van der Waals surface area contributed by atoms with Gasteiger partial charge in [0.05, 0.1) is 33.5 Å². The molecular formula is C66H48F3N5. The van der Waals surface area contributed by atoms with E-state index in [-0.39, 0.29) is 5.56 Å². The van der Waals surface area contributed by atoms with Gasteiger partial charge in [-0.1, -0.05) is 169 Å². The quantitative estimate of drug-likeness (QED) is 0.145. The number of benzene rings is 9. The highest BCUT2D eigenvalue weighted by Crippen LogP contribution is 2.47. The second kappa shape index (κ2) is 18.5. The van der Waals surface area contributed by atoms with Crippen molar-refractivity contribution in [1.82, 2.24) is 24.1 Å². The van der Waals surface area contributed by atoms with E-state index in [4.69, 9.17) is 15.0 Å². The second-order valence-corrected chi connectivity index (χ2v) is 18.9. The van der Waals surface area contributed by atoms with Gasteiger partial charge in [-0.2, -0.15) is 13.2 Å². The zero-order valence-electron chi connectivity index (χ0n) is 41.2. The lowest BCUT2D eigenvalue weighted by atomic mass is 9.93. The summed E-state index contributed by atoms with van der Waals surface area (Å²) in [5, 5.41) is 2.87. The molecule has 12 aromatic rings. The smallest absolute Gasteiger partial charge is 0.313 e. The lowest BCUT2D eigenvalue weighted by Crippen LogP contribution is -2.12. The minimum Gasteiger partial charge on any atom is -0.313 e. The van der Waals surface area contributed by atoms with Gasteiger partial charge in [0.15, 0.2) is 17.5 Å². The Kier molecular flexibility index (Phi) is 11.5. The molecule has 0 atom stereocenters. The first-order valence-corrected chi connectivity index (χ1v) is 24.7. The Balaban J connectivity index is 1.18. The molecule has 0 aliphatic heterocycles. The van der Waals surface area contributed by atoms with E-state index in [2.05, 4.69) is 103 Å². The van der Waals surface area contributed by atoms with Gasteiger partial charge < -0.3 is 9.13 Å². The SMILES string of the molecule is C/C=C\c1c(C)n(-c2cccc(C(F)(F)F)c2-c2cc(-c3nc(-c4ccccc4)nc(-c4ccccc4)n3)ccc2-n2c3ccccc3c3cc(-c4ccc(C)cc4)ccc32)c2ccc(-c3ccc(C)cc3)cc12. The Morgan fingerprint density at radius 2 is 0.905 bits per heavy atom. The molecule has 3 aromatic heterocycles. The van der Waals surface area contributed by atoms with Crippen LogP contribution < -0.4 is 0 Å². The lowest BCUT2D eigenvalue weighted by Gasteiger charge is -2.23. The number of hydrogen-bond donors (Lipinski definition) is 0. The van der Waals surface area contributed by atoms with Crippen molar-refractivity contribution in [3.05, 3.63) is 240 Å². The molecule has 12 rings (SSSR count). The van der Waals surface area contributed by atoms with Gasteiger partial charge >= 0.3 is 6.18 Å². The molecule has 5 nitrogen and oxygen atoms in total. The summed E-state index contributed by atoms with van der Waals surface area (Å²) in [5.74, 6) is 1.21. The summed E-state index contributed by atoms with van der Waals surface area (Å²) in [5.41, 5.74) is 13.3. The number of allylic oxidation sites excluding steroid dienone is 1. The molecule has 74 heavy (non-hydrogen) atoms. The van der Waals surface area contributed by atoms with E-state index in [9.17, 15) is 0 Å². The first kappa shape index (κ1) is 46.0. The summed E-state index contributed by atoms with van der Waals surface area (Å²) < 4.78 is 53.0. The largest absolute Gasteiger partial charge is 0.417 e. The van der Waals surface area contributed by atoms with Crippen LogP contribution in [0.1, 0.15) is 34.9 Å². The summed E-state index contributed by atoms with van der Waals surface area (Å²) in [7, 11) is 0. The first-order valence-electron chi connectivity index (χ1n) is 24.7. The number of alkyl halides is 3. The summed E-state index contributed by atoms with van der Waals surface area (Å²) in [6.07, 6.45) is -0.739. The van der Waals surface area contributed by atoms with Crippen molar-refractivity contribution >= 4 is 38.8 Å². The molecule has 0 N–H and O–H groups in total. The third-order valence-corrected chi connectivity index (χ3v) is 14.1. The van der Waals surface area contributed by atoms with Crippen LogP contribution in [0.15, 0.2) is 212 Å². The molecule has 3 heterocycles. The number of halogens is 3. The summed E-state index contributed by atoms with van der Waals surface area (Å²) >= 11 is 0. The van der Waals surface area contributed by atoms with E-state index >= 15 is 13.2 Å². The minimum atomic E-state index is -4.77. The standard InChI is InChI=1S/C66H48F3N5/c1-5-15-51-43(4)73(58-35-32-48(38-53(51)58)44-28-24-41(2)25-29-44)61-23-14-21-56(66(67,68)69)62(61)55-40-50(65-71-63(46-16-8-6-9-17-46)70-64(72-65)47-18-10-7-11-19-47)34-37-60(55)74-57-22-13-12-20-52(57)54-39-49(33-36-59(54)74)45-30-26-42(3)27-31-45/h5-40H,1-4H3/b15-5-. The molecule has 0 aliphatic rings. The maximum absolute atomic E-state index is 16.3. The van der Waals surface area contributed by atoms with Crippen LogP contribution in [0.2, 0.25) is 0 Å². The van der Waals surface area contributed by atoms with Crippen molar-refractivity contribution in [1.29, 1.82) is 0 Å². The van der Waals surface area contributed by atoms with Gasteiger partial charge in [-0.3, -0.25) is 0 Å². The monoisotopic (exact) mass is 967 g/mol. The zero-order valence-corrected chi connectivity index (χ0v) is 41.2. The molecular weight excluding hydrogens is 920 g/mol. The van der Waals surface area contributed by atoms with E-state index in [0.717, 1.165) is 82.9 Å². The summed E-state index contributed by atoms with van der Waals surface area (Å²) in [6.45, 7) is 8.08. The molecule has 0 unspecified atom stereocenters. The topological polar surface area (TPSA) is 48.5 Å². The highest BCUT2D eigenvalue weighted by Gasteiger charge is 2.37. The van der Waals surface area contributed by atoms with Gasteiger partial charge in [-0.05, 0) is 111 Å². The molecule has 0 fully saturated rings. The highest BCUT2D eigenvalue weighted by atomic mass is 19.4. The number of para-hydroxylation sites is 1. The Morgan fingerprint density at radius 3 is 1.49 bits per heavy atom. The summed E-state index contributed by atoms with van der Waals surface area (Å²) in [4.78, 5) is 15.1. The maximum Gasteiger partial charge on any atom is 0.417 e. The van der Waals surface area contributed by atoms with Gasteiger partial charge in [0.1, 0.15) is 0 Å². The molecule has 0 saturated heterocycles. The average molecular weight is 968 g/mol. The van der Waals surface area contributed by atoms with E-state index in [1.807, 2.05) is 140 Å². The maximum atomic E-state index is 16.3. The van der Waals surface area contributed by atoms with Crippen LogP contribution in [0, 0.1) is 20.8 Å². The molecule has 0 saturated carbocycles. The fourth-order valence-corrected chi connectivity index (χ4v) is 10.5. The van der Waals surface area contributed by atoms with Gasteiger partial charge in [0.2, 0.25) is 0 Å². The number of fused-ring (bicyclic) bond motifs is 4. The third kappa shape index (κ3) is 8.14. The van der Waals surface area contributed by atoms with Crippen molar-refractivity contribution in [2.24, 2.45) is 0 Å². The number of aryl methyl sites for hydroxylation is 2. The van der Waals surface area contributed by atoms with Crippen molar-refractivity contribution < 1.29 is 13.2 Å². The first-order chi connectivity index (χ1) is 36.0. The molecule has 0 radical (unpaired) electrons. The van der Waals surface area contributed by atoms with Gasteiger partial charge in [0.25, 0.3) is 0 Å². The van der Waals surface area contributed by atoms with Gasteiger partial charge in [0, 0.05) is 55.2 Å². The van der Waals surface area contributed by atoms with Crippen molar-refractivity contribution in [2.75, 3.05) is 0 Å². The molecule has 0 spiro atoms. The van der Waals surface area contributed by atoms with Crippen molar-refractivity contribution in [3.8, 4) is 78.9 Å². The predicted molar refractivity (Wildman–Crippen MR) is 298 cm³/mol. The normalized spacial score (nSPS) is 11.9. The van der Waals surface area contributed by atoms with E-state index in [1.54, 1.807) is 0 Å².